The van der Waals surface area contributed by atoms with Gasteiger partial charge in [0, 0.05) is 11.6 Å². The maximum atomic E-state index is 6.01. The minimum Gasteiger partial charge on any atom is -0.324 e. The van der Waals surface area contributed by atoms with Crippen LogP contribution in [0.5, 0.6) is 0 Å². The third kappa shape index (κ3) is 1.27. The molecule has 0 fully saturated rings. The Morgan fingerprint density at radius 3 is 2.75 bits per heavy atom. The summed E-state index contributed by atoms with van der Waals surface area (Å²) in [6, 6.07) is 0.102. The van der Waals surface area contributed by atoms with Gasteiger partial charge in [0.05, 0.1) is 8.67 Å². The van der Waals surface area contributed by atoms with Crippen LogP contribution in [0, 0.1) is 0 Å². The number of nitrogens with two attached hydrogens (primary N) is 1. The Hall–Kier alpha value is 0.240. The fourth-order valence-corrected chi connectivity index (χ4v) is 3.57. The van der Waals surface area contributed by atoms with Crippen LogP contribution in [0.1, 0.15) is 30.0 Å². The quantitative estimate of drug-likeness (QED) is 0.715. The van der Waals surface area contributed by atoms with Crippen LogP contribution in [-0.4, -0.2) is 0 Å². The third-order valence-corrected chi connectivity index (χ3v) is 3.99. The van der Waals surface area contributed by atoms with Gasteiger partial charge in [0.15, 0.2) is 0 Å². The van der Waals surface area contributed by atoms with Crippen LogP contribution in [0.3, 0.4) is 0 Å². The van der Waals surface area contributed by atoms with E-state index in [-0.39, 0.29) is 6.04 Å². The van der Waals surface area contributed by atoms with Crippen molar-refractivity contribution in [1.29, 1.82) is 0 Å². The lowest BCUT2D eigenvalue weighted by Gasteiger charge is -2.19. The molecule has 1 atom stereocenters. The van der Waals surface area contributed by atoms with Gasteiger partial charge < -0.3 is 5.73 Å². The van der Waals surface area contributed by atoms with Gasteiger partial charge in [-0.15, -0.1) is 11.3 Å². The van der Waals surface area contributed by atoms with Crippen molar-refractivity contribution in [2.24, 2.45) is 5.73 Å². The number of hydrogen-bond acceptors (Lipinski definition) is 2. The minimum atomic E-state index is 0.102. The molecule has 0 aromatic carbocycles. The largest absolute Gasteiger partial charge is 0.324 e. The molecule has 12 heavy (non-hydrogen) atoms. The Morgan fingerprint density at radius 1 is 1.33 bits per heavy atom. The van der Waals surface area contributed by atoms with Crippen molar-refractivity contribution in [1.82, 2.24) is 0 Å². The first-order chi connectivity index (χ1) is 5.70. The van der Waals surface area contributed by atoms with Crippen molar-refractivity contribution in [2.75, 3.05) is 0 Å². The van der Waals surface area contributed by atoms with E-state index < -0.39 is 0 Å². The predicted octanol–water partition coefficient (Wildman–Crippen LogP) is 3.39. The number of rotatable bonds is 0. The molecule has 0 aliphatic heterocycles. The summed E-state index contributed by atoms with van der Waals surface area (Å²) in [6.45, 7) is 0. The second-order valence-electron chi connectivity index (χ2n) is 3.04. The zero-order valence-electron chi connectivity index (χ0n) is 6.44. The van der Waals surface area contributed by atoms with E-state index in [4.69, 9.17) is 28.9 Å². The lowest BCUT2D eigenvalue weighted by Crippen LogP contribution is -2.16. The van der Waals surface area contributed by atoms with Crippen LogP contribution in [-0.2, 0) is 6.42 Å². The van der Waals surface area contributed by atoms with E-state index in [9.17, 15) is 0 Å². The molecule has 1 aromatic heterocycles. The molecule has 0 spiro atoms. The second-order valence-corrected chi connectivity index (χ2v) is 5.27. The average molecular weight is 222 g/mol. The Bertz CT molecular complexity index is 308. The summed E-state index contributed by atoms with van der Waals surface area (Å²) in [7, 11) is 0. The third-order valence-electron chi connectivity index (χ3n) is 2.27. The topological polar surface area (TPSA) is 26.0 Å². The Morgan fingerprint density at radius 2 is 2.08 bits per heavy atom. The van der Waals surface area contributed by atoms with Crippen LogP contribution >= 0.6 is 34.5 Å². The summed E-state index contributed by atoms with van der Waals surface area (Å²) < 4.78 is 1.60. The molecular formula is C8H9Cl2NS. The molecule has 1 aliphatic rings. The highest BCUT2D eigenvalue weighted by Gasteiger charge is 2.24. The molecule has 0 saturated heterocycles. The zero-order valence-corrected chi connectivity index (χ0v) is 8.77. The number of fused-ring (bicyclic) bond motifs is 1. The molecule has 1 heterocycles. The van der Waals surface area contributed by atoms with Gasteiger partial charge in [0.1, 0.15) is 0 Å². The van der Waals surface area contributed by atoms with E-state index in [1.54, 1.807) is 0 Å². The molecule has 2 rings (SSSR count). The van der Waals surface area contributed by atoms with Crippen molar-refractivity contribution in [3.8, 4) is 0 Å². The van der Waals surface area contributed by atoms with Gasteiger partial charge in [-0.05, 0) is 24.8 Å². The number of thiophene rings is 1. The van der Waals surface area contributed by atoms with Crippen LogP contribution in [0.2, 0.25) is 8.67 Å². The lowest BCUT2D eigenvalue weighted by atomic mass is 9.92. The fraction of sp³-hybridized carbons (Fsp3) is 0.500. The molecule has 1 nitrogen and oxygen atoms in total. The summed E-state index contributed by atoms with van der Waals surface area (Å²) in [5.41, 5.74) is 8.20. The van der Waals surface area contributed by atoms with Gasteiger partial charge in [0.2, 0.25) is 0 Å². The molecule has 66 valence electrons. The van der Waals surface area contributed by atoms with Gasteiger partial charge in [-0.2, -0.15) is 0 Å². The molecule has 1 aliphatic carbocycles. The van der Waals surface area contributed by atoms with Crippen LogP contribution in [0.4, 0.5) is 0 Å². The SMILES string of the molecule is NC1CCCc2c(Cl)sc(Cl)c21. The van der Waals surface area contributed by atoms with Gasteiger partial charge in [-0.25, -0.2) is 0 Å². The van der Waals surface area contributed by atoms with Crippen molar-refractivity contribution in [3.05, 3.63) is 19.8 Å². The van der Waals surface area contributed by atoms with Crippen LogP contribution in [0.25, 0.3) is 0 Å². The number of halogens is 2. The molecule has 1 aromatic rings. The van der Waals surface area contributed by atoms with Crippen LogP contribution < -0.4 is 5.73 Å². The van der Waals surface area contributed by atoms with E-state index in [1.807, 2.05) is 0 Å². The van der Waals surface area contributed by atoms with E-state index >= 15 is 0 Å². The molecular weight excluding hydrogens is 213 g/mol. The lowest BCUT2D eigenvalue weighted by molar-refractivity contribution is 0.574. The Kier molecular flexibility index (Phi) is 2.34. The van der Waals surface area contributed by atoms with Gasteiger partial charge in [-0.1, -0.05) is 23.2 Å². The highest BCUT2D eigenvalue weighted by molar-refractivity contribution is 7.20. The summed E-state index contributed by atoms with van der Waals surface area (Å²) in [6.07, 6.45) is 3.19. The summed E-state index contributed by atoms with van der Waals surface area (Å²) >= 11 is 13.5. The molecule has 1 unspecified atom stereocenters. The van der Waals surface area contributed by atoms with Crippen molar-refractivity contribution in [2.45, 2.75) is 25.3 Å². The monoisotopic (exact) mass is 221 g/mol. The van der Waals surface area contributed by atoms with Crippen molar-refractivity contribution in [3.63, 3.8) is 0 Å². The molecule has 0 amide bonds. The normalized spacial score (nSPS) is 22.4. The Balaban J connectivity index is 2.55. The first-order valence-electron chi connectivity index (χ1n) is 3.92. The van der Waals surface area contributed by atoms with E-state index in [0.717, 1.165) is 33.5 Å². The molecule has 0 bridgehead atoms. The Labute approximate surface area is 85.5 Å². The molecule has 2 N–H and O–H groups in total. The van der Waals surface area contributed by atoms with Gasteiger partial charge >= 0.3 is 0 Å². The fourth-order valence-electron chi connectivity index (χ4n) is 1.67. The highest BCUT2D eigenvalue weighted by Crippen LogP contribution is 2.43. The van der Waals surface area contributed by atoms with E-state index in [0.29, 0.717) is 0 Å². The molecule has 4 heteroatoms. The maximum absolute atomic E-state index is 6.01. The molecule has 0 saturated carbocycles. The standard InChI is InChI=1S/C8H9Cl2NS/c9-7-4-2-1-3-5(11)6(4)8(10)12-7/h5H,1-3,11H2. The molecule has 0 radical (unpaired) electrons. The summed E-state index contributed by atoms with van der Waals surface area (Å²) in [5, 5.41) is 0. The highest BCUT2D eigenvalue weighted by atomic mass is 35.5. The van der Waals surface area contributed by atoms with E-state index in [1.165, 1.54) is 16.9 Å². The zero-order chi connectivity index (χ0) is 8.72. The summed E-state index contributed by atoms with van der Waals surface area (Å²) in [5.74, 6) is 0. The first kappa shape index (κ1) is 8.82. The van der Waals surface area contributed by atoms with E-state index in [2.05, 4.69) is 0 Å². The van der Waals surface area contributed by atoms with Gasteiger partial charge in [0.25, 0.3) is 0 Å². The second kappa shape index (κ2) is 3.18. The first-order valence-corrected chi connectivity index (χ1v) is 5.49. The maximum Gasteiger partial charge on any atom is 0.0994 e. The van der Waals surface area contributed by atoms with Crippen molar-refractivity contribution >= 4 is 34.5 Å². The predicted molar refractivity (Wildman–Crippen MR) is 54.2 cm³/mol. The smallest absolute Gasteiger partial charge is 0.0994 e. The summed E-state index contributed by atoms with van der Waals surface area (Å²) in [4.78, 5) is 0. The van der Waals surface area contributed by atoms with Crippen LogP contribution in [0.15, 0.2) is 0 Å². The average Bonchev–Trinajstić information content (AvgIpc) is 2.29. The van der Waals surface area contributed by atoms with Gasteiger partial charge in [-0.3, -0.25) is 0 Å². The minimum absolute atomic E-state index is 0.102. The number of hydrogen-bond donors (Lipinski definition) is 1. The van der Waals surface area contributed by atoms with Crippen molar-refractivity contribution < 1.29 is 0 Å².